The molecule has 0 aliphatic carbocycles. The summed E-state index contributed by atoms with van der Waals surface area (Å²) in [6.07, 6.45) is 0. The molecule has 0 radical (unpaired) electrons. The van der Waals surface area contributed by atoms with Crippen LogP contribution in [0, 0.1) is 0 Å². The summed E-state index contributed by atoms with van der Waals surface area (Å²) in [6, 6.07) is 14.1. The molecule has 2 aromatic carbocycles. The Kier molecular flexibility index (Phi) is 5.48. The first-order valence-electron chi connectivity index (χ1n) is 6.91. The van der Waals surface area contributed by atoms with Gasteiger partial charge in [-0.2, -0.15) is 0 Å². The molecule has 4 heteroatoms. The molecule has 112 valence electrons. The van der Waals surface area contributed by atoms with E-state index in [0.29, 0.717) is 0 Å². The molecular formula is C17H21ClN2O. The van der Waals surface area contributed by atoms with Crippen LogP contribution < -0.4 is 15.0 Å². The van der Waals surface area contributed by atoms with Gasteiger partial charge in [0.15, 0.2) is 0 Å². The maximum atomic E-state index is 6.39. The molecule has 0 amide bonds. The van der Waals surface area contributed by atoms with Crippen LogP contribution in [0.15, 0.2) is 42.5 Å². The lowest BCUT2D eigenvalue weighted by molar-refractivity contribution is 0.414. The van der Waals surface area contributed by atoms with E-state index in [1.807, 2.05) is 37.4 Å². The minimum atomic E-state index is 0.771. The Balaban J connectivity index is 2.25. The fourth-order valence-electron chi connectivity index (χ4n) is 2.44. The van der Waals surface area contributed by atoms with E-state index < -0.39 is 0 Å². The Morgan fingerprint density at radius 1 is 1.19 bits per heavy atom. The van der Waals surface area contributed by atoms with Gasteiger partial charge in [0.25, 0.3) is 0 Å². The molecule has 21 heavy (non-hydrogen) atoms. The summed E-state index contributed by atoms with van der Waals surface area (Å²) in [6.45, 7) is 1.57. The van der Waals surface area contributed by atoms with E-state index in [2.05, 4.69) is 29.4 Å². The standard InChI is InChI=1S/C17H21ClN2O/c1-19-11-14-7-5-9-16(18)17(14)20(2)12-13-6-4-8-15(10-13)21-3/h4-10,19H,11-12H2,1-3H3. The number of nitrogens with one attached hydrogen (secondary N) is 1. The molecule has 0 aromatic heterocycles. The van der Waals surface area contributed by atoms with Crippen molar-refractivity contribution in [2.45, 2.75) is 13.1 Å². The molecule has 0 fully saturated rings. The molecule has 2 aromatic rings. The number of hydrogen-bond donors (Lipinski definition) is 1. The highest BCUT2D eigenvalue weighted by molar-refractivity contribution is 6.33. The maximum Gasteiger partial charge on any atom is 0.119 e. The van der Waals surface area contributed by atoms with Crippen molar-refractivity contribution < 1.29 is 4.74 Å². The first-order valence-corrected chi connectivity index (χ1v) is 7.29. The number of methoxy groups -OCH3 is 1. The van der Waals surface area contributed by atoms with E-state index in [1.54, 1.807) is 7.11 Å². The van der Waals surface area contributed by atoms with Crippen LogP contribution in [0.3, 0.4) is 0 Å². The van der Waals surface area contributed by atoms with Crippen LogP contribution in [0.25, 0.3) is 0 Å². The third kappa shape index (κ3) is 3.90. The van der Waals surface area contributed by atoms with E-state index in [9.17, 15) is 0 Å². The Morgan fingerprint density at radius 3 is 2.67 bits per heavy atom. The molecule has 3 nitrogen and oxygen atoms in total. The van der Waals surface area contributed by atoms with Gasteiger partial charge in [-0.25, -0.2) is 0 Å². The van der Waals surface area contributed by atoms with Crippen molar-refractivity contribution in [2.75, 3.05) is 26.1 Å². The molecule has 0 aliphatic heterocycles. The number of para-hydroxylation sites is 1. The summed E-state index contributed by atoms with van der Waals surface area (Å²) >= 11 is 6.39. The summed E-state index contributed by atoms with van der Waals surface area (Å²) in [5.74, 6) is 0.871. The highest BCUT2D eigenvalue weighted by atomic mass is 35.5. The van der Waals surface area contributed by atoms with Crippen LogP contribution in [-0.4, -0.2) is 21.2 Å². The van der Waals surface area contributed by atoms with Crippen LogP contribution in [0.5, 0.6) is 5.75 Å². The average molecular weight is 305 g/mol. The number of anilines is 1. The molecule has 1 N–H and O–H groups in total. The van der Waals surface area contributed by atoms with Gasteiger partial charge in [0.05, 0.1) is 17.8 Å². The maximum absolute atomic E-state index is 6.39. The smallest absolute Gasteiger partial charge is 0.119 e. The predicted octanol–water partition coefficient (Wildman–Crippen LogP) is 3.70. The minimum absolute atomic E-state index is 0.771. The lowest BCUT2D eigenvalue weighted by Crippen LogP contribution is -2.20. The molecule has 0 atom stereocenters. The van der Waals surface area contributed by atoms with Crippen molar-refractivity contribution in [3.63, 3.8) is 0 Å². The zero-order valence-corrected chi connectivity index (χ0v) is 13.4. The highest BCUT2D eigenvalue weighted by Crippen LogP contribution is 2.30. The van der Waals surface area contributed by atoms with Gasteiger partial charge < -0.3 is 15.0 Å². The van der Waals surface area contributed by atoms with E-state index in [-0.39, 0.29) is 0 Å². The normalized spacial score (nSPS) is 10.5. The van der Waals surface area contributed by atoms with Gasteiger partial charge in [0.1, 0.15) is 5.75 Å². The summed E-state index contributed by atoms with van der Waals surface area (Å²) in [4.78, 5) is 2.17. The molecule has 0 saturated carbocycles. The van der Waals surface area contributed by atoms with Gasteiger partial charge in [-0.05, 0) is 36.4 Å². The summed E-state index contributed by atoms with van der Waals surface area (Å²) < 4.78 is 5.27. The summed E-state index contributed by atoms with van der Waals surface area (Å²) in [5.41, 5.74) is 3.44. The molecule has 0 saturated heterocycles. The average Bonchev–Trinajstić information content (AvgIpc) is 2.47. The zero-order chi connectivity index (χ0) is 15.2. The lowest BCUT2D eigenvalue weighted by atomic mass is 10.1. The Morgan fingerprint density at radius 2 is 1.95 bits per heavy atom. The highest BCUT2D eigenvalue weighted by Gasteiger charge is 2.12. The van der Waals surface area contributed by atoms with Crippen molar-refractivity contribution in [3.8, 4) is 5.75 Å². The van der Waals surface area contributed by atoms with Crippen LogP contribution in [0.4, 0.5) is 5.69 Å². The fourth-order valence-corrected chi connectivity index (χ4v) is 2.78. The van der Waals surface area contributed by atoms with E-state index in [1.165, 1.54) is 11.1 Å². The largest absolute Gasteiger partial charge is 0.497 e. The molecule has 0 spiro atoms. The van der Waals surface area contributed by atoms with Crippen molar-refractivity contribution in [1.29, 1.82) is 0 Å². The Bertz CT molecular complexity index is 601. The first-order chi connectivity index (χ1) is 10.2. The Labute approximate surface area is 131 Å². The number of benzene rings is 2. The predicted molar refractivity (Wildman–Crippen MR) is 89.3 cm³/mol. The van der Waals surface area contributed by atoms with Gasteiger partial charge in [-0.3, -0.25) is 0 Å². The van der Waals surface area contributed by atoms with Gasteiger partial charge in [0.2, 0.25) is 0 Å². The van der Waals surface area contributed by atoms with Crippen LogP contribution in [-0.2, 0) is 13.1 Å². The van der Waals surface area contributed by atoms with Crippen LogP contribution in [0.1, 0.15) is 11.1 Å². The van der Waals surface area contributed by atoms with Crippen LogP contribution in [0.2, 0.25) is 5.02 Å². The number of nitrogens with zero attached hydrogens (tertiary/aromatic N) is 1. The van der Waals surface area contributed by atoms with Gasteiger partial charge >= 0.3 is 0 Å². The SMILES string of the molecule is CNCc1cccc(Cl)c1N(C)Cc1cccc(OC)c1. The fraction of sp³-hybridized carbons (Fsp3) is 0.294. The van der Waals surface area contributed by atoms with Crippen molar-refractivity contribution in [2.24, 2.45) is 0 Å². The number of ether oxygens (including phenoxy) is 1. The third-order valence-corrected chi connectivity index (χ3v) is 3.68. The topological polar surface area (TPSA) is 24.5 Å². The molecule has 0 unspecified atom stereocenters. The Hall–Kier alpha value is -1.71. The van der Waals surface area contributed by atoms with E-state index >= 15 is 0 Å². The van der Waals surface area contributed by atoms with E-state index in [4.69, 9.17) is 16.3 Å². The molecule has 0 heterocycles. The molecule has 2 rings (SSSR count). The van der Waals surface area contributed by atoms with Crippen molar-refractivity contribution >= 4 is 17.3 Å². The van der Waals surface area contributed by atoms with Gasteiger partial charge in [-0.15, -0.1) is 0 Å². The minimum Gasteiger partial charge on any atom is -0.497 e. The first kappa shape index (κ1) is 15.7. The second-order valence-electron chi connectivity index (χ2n) is 4.99. The van der Waals surface area contributed by atoms with E-state index in [0.717, 1.165) is 29.5 Å². The summed E-state index contributed by atoms with van der Waals surface area (Å²) in [5, 5.41) is 3.95. The van der Waals surface area contributed by atoms with Gasteiger partial charge in [0, 0.05) is 20.1 Å². The molecule has 0 bridgehead atoms. The van der Waals surface area contributed by atoms with Gasteiger partial charge in [-0.1, -0.05) is 35.9 Å². The zero-order valence-electron chi connectivity index (χ0n) is 12.7. The number of rotatable bonds is 6. The molecular weight excluding hydrogens is 284 g/mol. The second kappa shape index (κ2) is 7.34. The third-order valence-electron chi connectivity index (χ3n) is 3.37. The van der Waals surface area contributed by atoms with Crippen LogP contribution >= 0.6 is 11.6 Å². The molecule has 0 aliphatic rings. The quantitative estimate of drug-likeness (QED) is 0.880. The van der Waals surface area contributed by atoms with Crippen molar-refractivity contribution in [3.05, 3.63) is 58.6 Å². The monoisotopic (exact) mass is 304 g/mol. The lowest BCUT2D eigenvalue weighted by Gasteiger charge is -2.24. The second-order valence-corrected chi connectivity index (χ2v) is 5.39. The number of hydrogen-bond acceptors (Lipinski definition) is 3. The van der Waals surface area contributed by atoms with Crippen molar-refractivity contribution in [1.82, 2.24) is 5.32 Å². The number of halogens is 1. The summed E-state index contributed by atoms with van der Waals surface area (Å²) in [7, 11) is 5.68.